The molecule has 3 rings (SSSR count). The number of aromatic nitrogens is 3. The summed E-state index contributed by atoms with van der Waals surface area (Å²) in [5.41, 5.74) is 0.592. The number of halogens is 1. The lowest BCUT2D eigenvalue weighted by molar-refractivity contribution is 0.122. The van der Waals surface area contributed by atoms with Crippen LogP contribution in [-0.4, -0.2) is 56.8 Å². The first-order valence-corrected chi connectivity index (χ1v) is 10.1. The molecule has 146 valence electrons. The smallest absolute Gasteiger partial charge is 0.321 e. The van der Waals surface area contributed by atoms with Crippen molar-refractivity contribution in [3.63, 3.8) is 0 Å². The fourth-order valence-corrected chi connectivity index (χ4v) is 4.05. The number of methoxy groups -OCH3 is 1. The Morgan fingerprint density at radius 2 is 2.00 bits per heavy atom. The van der Waals surface area contributed by atoms with Gasteiger partial charge in [-0.2, -0.15) is 15.0 Å². The third-order valence-electron chi connectivity index (χ3n) is 3.99. The second kappa shape index (κ2) is 8.34. The lowest BCUT2D eigenvalue weighted by Crippen LogP contribution is -2.37. The first kappa shape index (κ1) is 19.7. The lowest BCUT2D eigenvalue weighted by atomic mass is 10.2. The van der Waals surface area contributed by atoms with E-state index >= 15 is 0 Å². The van der Waals surface area contributed by atoms with Crippen LogP contribution in [0, 0.1) is 6.92 Å². The van der Waals surface area contributed by atoms with Gasteiger partial charge in [-0.1, -0.05) is 17.7 Å². The molecule has 1 aromatic heterocycles. The Bertz CT molecular complexity index is 919. The van der Waals surface area contributed by atoms with Crippen molar-refractivity contribution in [3.05, 3.63) is 34.6 Å². The molecule has 1 saturated heterocycles. The van der Waals surface area contributed by atoms with E-state index in [2.05, 4.69) is 19.7 Å². The number of benzene rings is 1. The molecular weight excluding hydrogens is 394 g/mol. The van der Waals surface area contributed by atoms with E-state index in [1.165, 1.54) is 13.2 Å². The molecule has 11 heteroatoms. The summed E-state index contributed by atoms with van der Waals surface area (Å²) in [4.78, 5) is 14.8. The predicted molar refractivity (Wildman–Crippen MR) is 99.6 cm³/mol. The number of anilines is 1. The van der Waals surface area contributed by atoms with Gasteiger partial charge in [-0.25, -0.2) is 13.1 Å². The number of hydrogen-bond acceptors (Lipinski definition) is 8. The zero-order valence-electron chi connectivity index (χ0n) is 15.0. The number of morpholine rings is 1. The van der Waals surface area contributed by atoms with Crippen LogP contribution < -0.4 is 14.4 Å². The molecule has 0 spiro atoms. The second-order valence-corrected chi connectivity index (χ2v) is 8.04. The Balaban J connectivity index is 1.81. The van der Waals surface area contributed by atoms with Gasteiger partial charge in [-0.3, -0.25) is 0 Å². The first-order valence-electron chi connectivity index (χ1n) is 8.26. The first-order chi connectivity index (χ1) is 12.9. The van der Waals surface area contributed by atoms with Crippen molar-refractivity contribution >= 4 is 27.6 Å². The van der Waals surface area contributed by atoms with E-state index in [-0.39, 0.29) is 23.3 Å². The summed E-state index contributed by atoms with van der Waals surface area (Å²) >= 11 is 5.93. The van der Waals surface area contributed by atoms with Crippen LogP contribution in [0.25, 0.3) is 0 Å². The van der Waals surface area contributed by atoms with Gasteiger partial charge in [0.2, 0.25) is 16.0 Å². The molecule has 0 unspecified atom stereocenters. The molecule has 0 atom stereocenters. The minimum Gasteiger partial charge on any atom is -0.467 e. The summed E-state index contributed by atoms with van der Waals surface area (Å²) in [5, 5.41) is 0.345. The molecule has 0 saturated carbocycles. The van der Waals surface area contributed by atoms with Gasteiger partial charge in [-0.15, -0.1) is 0 Å². The Labute approximate surface area is 162 Å². The minimum absolute atomic E-state index is 0.107. The molecule has 0 radical (unpaired) electrons. The van der Waals surface area contributed by atoms with Crippen LogP contribution in [0.15, 0.2) is 23.1 Å². The topological polar surface area (TPSA) is 107 Å². The molecule has 0 amide bonds. The van der Waals surface area contributed by atoms with Crippen molar-refractivity contribution in [2.24, 2.45) is 0 Å². The summed E-state index contributed by atoms with van der Waals surface area (Å²) in [7, 11) is -2.33. The minimum atomic E-state index is -3.78. The maximum atomic E-state index is 12.6. The van der Waals surface area contributed by atoms with Gasteiger partial charge in [0.25, 0.3) is 0 Å². The van der Waals surface area contributed by atoms with Crippen LogP contribution in [0.1, 0.15) is 11.4 Å². The largest absolute Gasteiger partial charge is 0.467 e. The third-order valence-corrected chi connectivity index (χ3v) is 5.76. The molecule has 0 bridgehead atoms. The molecule has 2 heterocycles. The SMILES string of the molecule is COc1nc(CNS(=O)(=O)c2cc(Cl)ccc2C)nc(N2CCOCC2)n1. The summed E-state index contributed by atoms with van der Waals surface area (Å²) in [6.07, 6.45) is 0. The van der Waals surface area contributed by atoms with Crippen LogP contribution in [0.2, 0.25) is 5.02 Å². The predicted octanol–water partition coefficient (Wildman–Crippen LogP) is 1.16. The van der Waals surface area contributed by atoms with Gasteiger partial charge in [0, 0.05) is 18.1 Å². The van der Waals surface area contributed by atoms with Gasteiger partial charge in [0.05, 0.1) is 31.8 Å². The van der Waals surface area contributed by atoms with Gasteiger partial charge in [-0.05, 0) is 24.6 Å². The quantitative estimate of drug-likeness (QED) is 0.751. The number of aryl methyl sites for hydroxylation is 1. The molecular formula is C16H20ClN5O4S. The molecule has 27 heavy (non-hydrogen) atoms. The average molecular weight is 414 g/mol. The number of hydrogen-bond donors (Lipinski definition) is 1. The van der Waals surface area contributed by atoms with Crippen molar-refractivity contribution in [3.8, 4) is 6.01 Å². The highest BCUT2D eigenvalue weighted by Gasteiger charge is 2.20. The molecule has 1 N–H and O–H groups in total. The van der Waals surface area contributed by atoms with Crippen LogP contribution in [0.5, 0.6) is 6.01 Å². The summed E-state index contributed by atoms with van der Waals surface area (Å²) < 4.78 is 38.2. The number of rotatable bonds is 6. The Morgan fingerprint density at radius 1 is 1.26 bits per heavy atom. The van der Waals surface area contributed by atoms with E-state index < -0.39 is 10.0 Å². The van der Waals surface area contributed by atoms with Crippen LogP contribution in [-0.2, 0) is 21.3 Å². The maximum Gasteiger partial charge on any atom is 0.321 e. The number of sulfonamides is 1. The zero-order chi connectivity index (χ0) is 19.4. The highest BCUT2D eigenvalue weighted by atomic mass is 35.5. The van der Waals surface area contributed by atoms with Gasteiger partial charge in [0.15, 0.2) is 5.82 Å². The molecule has 2 aromatic rings. The van der Waals surface area contributed by atoms with E-state index in [4.69, 9.17) is 21.1 Å². The Morgan fingerprint density at radius 3 is 2.70 bits per heavy atom. The summed E-state index contributed by atoms with van der Waals surface area (Å²) in [5.74, 6) is 0.685. The summed E-state index contributed by atoms with van der Waals surface area (Å²) in [6, 6.07) is 4.83. The maximum absolute atomic E-state index is 12.6. The lowest BCUT2D eigenvalue weighted by Gasteiger charge is -2.26. The molecule has 1 fully saturated rings. The standard InChI is InChI=1S/C16H20ClN5O4S/c1-11-3-4-12(17)9-13(11)27(23,24)18-10-14-19-15(21-16(20-14)25-2)22-5-7-26-8-6-22/h3-4,9,18H,5-8,10H2,1-2H3. The zero-order valence-corrected chi connectivity index (χ0v) is 16.5. The molecule has 1 aliphatic heterocycles. The molecule has 1 aromatic carbocycles. The van der Waals surface area contributed by atoms with Gasteiger partial charge >= 0.3 is 6.01 Å². The molecule has 9 nitrogen and oxygen atoms in total. The van der Waals surface area contributed by atoms with E-state index in [0.29, 0.717) is 42.8 Å². The molecule has 0 aliphatic carbocycles. The Hall–Kier alpha value is -2.01. The third kappa shape index (κ3) is 4.83. The van der Waals surface area contributed by atoms with Gasteiger partial charge < -0.3 is 14.4 Å². The van der Waals surface area contributed by atoms with Crippen molar-refractivity contribution in [1.29, 1.82) is 0 Å². The monoisotopic (exact) mass is 413 g/mol. The van der Waals surface area contributed by atoms with Crippen molar-refractivity contribution in [1.82, 2.24) is 19.7 Å². The average Bonchev–Trinajstić information content (AvgIpc) is 2.68. The van der Waals surface area contributed by atoms with Crippen molar-refractivity contribution < 1.29 is 17.9 Å². The van der Waals surface area contributed by atoms with Gasteiger partial charge in [0.1, 0.15) is 0 Å². The van der Waals surface area contributed by atoms with E-state index in [1.54, 1.807) is 19.1 Å². The fourth-order valence-electron chi connectivity index (χ4n) is 2.56. The van der Waals surface area contributed by atoms with E-state index in [1.807, 2.05) is 4.90 Å². The number of nitrogens with one attached hydrogen (secondary N) is 1. The van der Waals surface area contributed by atoms with Crippen LogP contribution >= 0.6 is 11.6 Å². The second-order valence-electron chi connectivity index (χ2n) is 5.87. The normalized spacial score (nSPS) is 15.0. The fraction of sp³-hybridized carbons (Fsp3) is 0.438. The van der Waals surface area contributed by atoms with Crippen LogP contribution in [0.4, 0.5) is 5.95 Å². The Kier molecular flexibility index (Phi) is 6.10. The van der Waals surface area contributed by atoms with E-state index in [0.717, 1.165) is 0 Å². The van der Waals surface area contributed by atoms with E-state index in [9.17, 15) is 8.42 Å². The number of nitrogens with zero attached hydrogens (tertiary/aromatic N) is 4. The number of ether oxygens (including phenoxy) is 2. The van der Waals surface area contributed by atoms with Crippen LogP contribution in [0.3, 0.4) is 0 Å². The van der Waals surface area contributed by atoms with Crippen molar-refractivity contribution in [2.75, 3.05) is 38.3 Å². The highest BCUT2D eigenvalue weighted by molar-refractivity contribution is 7.89. The highest BCUT2D eigenvalue weighted by Crippen LogP contribution is 2.20. The summed E-state index contributed by atoms with van der Waals surface area (Å²) in [6.45, 7) is 4.02. The van der Waals surface area contributed by atoms with Crippen molar-refractivity contribution in [2.45, 2.75) is 18.4 Å². The molecule has 1 aliphatic rings.